The Balaban J connectivity index is 1.72. The number of hydrogen-bond acceptors (Lipinski definition) is 8. The zero-order chi connectivity index (χ0) is 28.1. The normalized spacial score (nSPS) is 15.2. The number of pyridine rings is 1. The fourth-order valence-electron chi connectivity index (χ4n) is 2.61. The summed E-state index contributed by atoms with van der Waals surface area (Å²) in [6, 6.07) is 5.94. The third-order valence-corrected chi connectivity index (χ3v) is 4.09. The number of aliphatic hydroxyl groups is 1. The first-order valence-corrected chi connectivity index (χ1v) is 8.91. The van der Waals surface area contributed by atoms with Gasteiger partial charge in [-0.05, 0) is 23.8 Å². The minimum atomic E-state index is -3.03. The van der Waals surface area contributed by atoms with Crippen LogP contribution >= 0.6 is 0 Å². The summed E-state index contributed by atoms with van der Waals surface area (Å²) >= 11 is 0. The Morgan fingerprint density at radius 3 is 2.53 bits per heavy atom. The molecule has 0 aliphatic rings. The van der Waals surface area contributed by atoms with Gasteiger partial charge in [0.15, 0.2) is 0 Å². The van der Waals surface area contributed by atoms with E-state index in [1.54, 1.807) is 0 Å². The highest BCUT2D eigenvalue weighted by Crippen LogP contribution is 2.26. The van der Waals surface area contributed by atoms with Crippen LogP contribution in [0.5, 0.6) is 17.4 Å². The van der Waals surface area contributed by atoms with Crippen molar-refractivity contribution in [3.63, 3.8) is 0 Å². The second-order valence-electron chi connectivity index (χ2n) is 6.22. The summed E-state index contributed by atoms with van der Waals surface area (Å²) in [7, 11) is -5.71. The first-order chi connectivity index (χ1) is 17.7. The number of amides is 1. The quantitative estimate of drug-likeness (QED) is 0.509. The lowest BCUT2D eigenvalue weighted by Gasteiger charge is -2.15. The van der Waals surface area contributed by atoms with Gasteiger partial charge in [-0.2, -0.15) is 8.78 Å². The van der Waals surface area contributed by atoms with Crippen LogP contribution in [-0.2, 0) is 0 Å². The molecule has 0 saturated heterocycles. The Labute approximate surface area is 190 Å². The lowest BCUT2D eigenvalue weighted by molar-refractivity contribution is -0.0528. The van der Waals surface area contributed by atoms with Crippen LogP contribution in [0.25, 0.3) is 11.3 Å². The minimum Gasteiger partial charge on any atom is -0.497 e. The molecule has 2 aromatic heterocycles. The van der Waals surface area contributed by atoms with Gasteiger partial charge in [-0.3, -0.25) is 9.78 Å². The number of halogens is 2. The zero-order valence-electron chi connectivity index (χ0n) is 22.2. The fraction of sp³-hybridized carbons (Fsp3) is 0.238. The molecule has 0 aliphatic heterocycles. The Kier molecular flexibility index (Phi) is 5.18. The van der Waals surface area contributed by atoms with E-state index in [2.05, 4.69) is 25.0 Å². The van der Waals surface area contributed by atoms with Gasteiger partial charge < -0.3 is 24.6 Å². The molecule has 168 valence electrons. The smallest absolute Gasteiger partial charge is 0.388 e. The van der Waals surface area contributed by atoms with E-state index >= 15 is 0 Å². The average molecular weight is 452 g/mol. The Morgan fingerprint density at radius 2 is 1.91 bits per heavy atom. The van der Waals surface area contributed by atoms with Crippen molar-refractivity contribution in [3.8, 4) is 28.6 Å². The predicted molar refractivity (Wildman–Crippen MR) is 109 cm³/mol. The highest BCUT2D eigenvalue weighted by molar-refractivity contribution is 5.92. The SMILES string of the molecule is [2H]C([2H])([2H])Oc1cc(OC([2H])([2H])[2H])cc([C@H](O)CNC(=O)c2cncc(-c3ccc(OC(F)F)nc3)n2)c1. The van der Waals surface area contributed by atoms with Crippen molar-refractivity contribution in [2.45, 2.75) is 12.7 Å². The monoisotopic (exact) mass is 452 g/mol. The fourth-order valence-corrected chi connectivity index (χ4v) is 2.61. The van der Waals surface area contributed by atoms with Gasteiger partial charge in [0.25, 0.3) is 5.91 Å². The van der Waals surface area contributed by atoms with Crippen LogP contribution in [0.3, 0.4) is 0 Å². The number of carbonyl (C=O) groups excluding carboxylic acids is 1. The number of rotatable bonds is 9. The molecular formula is C21H20F2N4O5. The Hall–Kier alpha value is -3.86. The van der Waals surface area contributed by atoms with Gasteiger partial charge in [0.05, 0.1) is 46.5 Å². The topological polar surface area (TPSA) is 116 Å². The molecule has 3 rings (SSSR count). The molecule has 32 heavy (non-hydrogen) atoms. The lowest BCUT2D eigenvalue weighted by atomic mass is 10.1. The van der Waals surface area contributed by atoms with Gasteiger partial charge in [-0.1, -0.05) is 0 Å². The van der Waals surface area contributed by atoms with E-state index in [1.807, 2.05) is 0 Å². The molecule has 0 spiro atoms. The second kappa shape index (κ2) is 10.4. The standard InChI is InChI=1S/C21H20F2N4O5/c1-30-14-5-13(6-15(7-14)31-2)18(28)11-26-20(29)17-10-24-9-16(27-17)12-3-4-19(25-8-12)32-21(22)23/h3-10,18,21,28H,11H2,1-2H3,(H,26,29)/t18-/m1/s1/i1D3,2D3. The molecule has 2 N–H and O–H groups in total. The largest absolute Gasteiger partial charge is 0.497 e. The van der Waals surface area contributed by atoms with E-state index in [1.165, 1.54) is 24.5 Å². The van der Waals surface area contributed by atoms with E-state index in [0.29, 0.717) is 5.56 Å². The predicted octanol–water partition coefficient (Wildman–Crippen LogP) is 2.62. The molecule has 0 radical (unpaired) electrons. The zero-order valence-corrected chi connectivity index (χ0v) is 16.2. The van der Waals surface area contributed by atoms with Gasteiger partial charge in [-0.15, -0.1) is 0 Å². The summed E-state index contributed by atoms with van der Waals surface area (Å²) in [5.41, 5.74) is 0.425. The van der Waals surface area contributed by atoms with Crippen LogP contribution in [0, 0.1) is 0 Å². The van der Waals surface area contributed by atoms with Crippen molar-refractivity contribution >= 4 is 5.91 Å². The average Bonchev–Trinajstić information content (AvgIpc) is 2.80. The van der Waals surface area contributed by atoms with Gasteiger partial charge in [0, 0.05) is 30.4 Å². The van der Waals surface area contributed by atoms with Crippen LogP contribution < -0.4 is 19.5 Å². The maximum atomic E-state index is 12.6. The molecule has 0 saturated carbocycles. The van der Waals surface area contributed by atoms with Gasteiger partial charge >= 0.3 is 6.61 Å². The van der Waals surface area contributed by atoms with Crippen LogP contribution in [0.2, 0.25) is 0 Å². The summed E-state index contributed by atoms with van der Waals surface area (Å²) < 4.78 is 81.7. The van der Waals surface area contributed by atoms with Gasteiger partial charge in [0.1, 0.15) is 17.2 Å². The van der Waals surface area contributed by atoms with Crippen LogP contribution in [0.1, 0.15) is 30.4 Å². The first-order valence-electron chi connectivity index (χ1n) is 11.9. The van der Waals surface area contributed by atoms with Crippen molar-refractivity contribution in [3.05, 3.63) is 60.2 Å². The molecule has 0 aliphatic carbocycles. The van der Waals surface area contributed by atoms with E-state index in [4.69, 9.17) is 17.7 Å². The van der Waals surface area contributed by atoms with Crippen molar-refractivity contribution in [1.82, 2.24) is 20.3 Å². The number of aromatic nitrogens is 3. The van der Waals surface area contributed by atoms with Gasteiger partial charge in [0.2, 0.25) is 5.88 Å². The molecule has 1 aromatic carbocycles. The number of carbonyl (C=O) groups is 1. The van der Waals surface area contributed by atoms with E-state index in [-0.39, 0.29) is 34.3 Å². The maximum Gasteiger partial charge on any atom is 0.388 e. The molecule has 0 bridgehead atoms. The number of nitrogens with one attached hydrogen (secondary N) is 1. The molecular weight excluding hydrogens is 426 g/mol. The summed E-state index contributed by atoms with van der Waals surface area (Å²) in [5, 5.41) is 13.0. The first kappa shape index (κ1) is 15.9. The third kappa shape index (κ3) is 5.85. The van der Waals surface area contributed by atoms with Crippen molar-refractivity contribution in [2.24, 2.45) is 0 Å². The number of methoxy groups -OCH3 is 2. The van der Waals surface area contributed by atoms with Crippen LogP contribution in [-0.4, -0.2) is 53.2 Å². The van der Waals surface area contributed by atoms with Gasteiger partial charge in [-0.25, -0.2) is 9.97 Å². The minimum absolute atomic E-state index is 0.00307. The maximum absolute atomic E-state index is 12.6. The molecule has 3 aromatic rings. The molecule has 0 fully saturated rings. The number of aliphatic hydroxyl groups excluding tert-OH is 1. The number of alkyl halides is 2. The Bertz CT molecular complexity index is 1230. The van der Waals surface area contributed by atoms with Crippen LogP contribution in [0.4, 0.5) is 8.78 Å². The second-order valence-corrected chi connectivity index (χ2v) is 6.22. The van der Waals surface area contributed by atoms with Crippen molar-refractivity contribution in [1.29, 1.82) is 0 Å². The van der Waals surface area contributed by atoms with E-state index in [0.717, 1.165) is 24.4 Å². The van der Waals surface area contributed by atoms with E-state index < -0.39 is 39.2 Å². The van der Waals surface area contributed by atoms with Crippen molar-refractivity contribution in [2.75, 3.05) is 20.6 Å². The Morgan fingerprint density at radius 1 is 1.16 bits per heavy atom. The van der Waals surface area contributed by atoms with Crippen LogP contribution in [0.15, 0.2) is 48.9 Å². The molecule has 0 unspecified atom stereocenters. The van der Waals surface area contributed by atoms with Crippen molar-refractivity contribution < 1.29 is 41.1 Å². The van der Waals surface area contributed by atoms with E-state index in [9.17, 15) is 18.7 Å². The number of nitrogens with zero attached hydrogens (tertiary/aromatic N) is 3. The molecule has 9 nitrogen and oxygen atoms in total. The summed E-state index contributed by atoms with van der Waals surface area (Å²) in [5.74, 6) is -1.62. The summed E-state index contributed by atoms with van der Waals surface area (Å²) in [4.78, 5) is 24.4. The summed E-state index contributed by atoms with van der Waals surface area (Å²) in [6.07, 6.45) is 2.25. The molecule has 2 heterocycles. The molecule has 1 atom stereocenters. The molecule has 1 amide bonds. The highest BCUT2D eigenvalue weighted by atomic mass is 19.3. The summed E-state index contributed by atoms with van der Waals surface area (Å²) in [6.45, 7) is -3.43. The number of hydrogen-bond donors (Lipinski definition) is 2. The third-order valence-electron chi connectivity index (χ3n) is 4.09. The number of benzene rings is 1. The lowest BCUT2D eigenvalue weighted by Crippen LogP contribution is -2.29. The molecule has 11 heteroatoms. The number of ether oxygens (including phenoxy) is 3. The highest BCUT2D eigenvalue weighted by Gasteiger charge is 2.15.